The van der Waals surface area contributed by atoms with E-state index in [1.54, 1.807) is 0 Å². The molecule has 3 heterocycles. The van der Waals surface area contributed by atoms with Crippen LogP contribution in [0.15, 0.2) is 12.6 Å². The molecule has 15 nitrogen and oxygen atoms in total. The molecule has 2 aromatic rings. The van der Waals surface area contributed by atoms with Crippen molar-refractivity contribution in [2.75, 3.05) is 12.3 Å². The average molecular weight is 500 g/mol. The number of ether oxygens (including phenoxy) is 1. The number of rotatable bonds is 6. The summed E-state index contributed by atoms with van der Waals surface area (Å²) in [6.45, 7) is -0.913. The maximum Gasteiger partial charge on any atom is 0.481 e. The molecule has 0 saturated carbocycles. The maximum absolute atomic E-state index is 11.5. The zero-order valence-corrected chi connectivity index (χ0v) is 23.8. The number of aliphatic hydroxyl groups is 2. The van der Waals surface area contributed by atoms with Gasteiger partial charge in [0.25, 0.3) is 0 Å². The smallest absolute Gasteiger partial charge is 0.387 e. The SMILES string of the molecule is [3H]c1nc(N)c2nc([3H])n([C@@H]3O[C@H](COP(=O)(O)OP(=O)(O)O)[C@@H](O)[C@H]3O)c2n1.[Na].[Na].[Na]. The van der Waals surface area contributed by atoms with Crippen LogP contribution in [0.3, 0.4) is 0 Å². The molecule has 2 aromatic heterocycles. The molecule has 1 unspecified atom stereocenters. The Kier molecular flexibility index (Phi) is 11.3. The third-order valence-electron chi connectivity index (χ3n) is 3.48. The number of phosphoric ester groups is 1. The van der Waals surface area contributed by atoms with Crippen LogP contribution in [-0.4, -0.2) is 158 Å². The van der Waals surface area contributed by atoms with Crippen LogP contribution in [0.5, 0.6) is 0 Å². The normalized spacial score (nSPS) is 26.6. The van der Waals surface area contributed by atoms with Crippen molar-refractivity contribution in [1.82, 2.24) is 19.5 Å². The molecule has 3 radical (unpaired) electrons. The predicted octanol–water partition coefficient (Wildman–Crippen LogP) is -2.89. The summed E-state index contributed by atoms with van der Waals surface area (Å²) in [5.74, 6) is -0.198. The summed E-state index contributed by atoms with van der Waals surface area (Å²) in [5.41, 5.74) is 5.45. The Hall–Kier alpha value is 1.49. The number of hydrogen-bond acceptors (Lipinski definition) is 11. The molecular formula is C10H15N5Na3O10P2. The molecule has 20 heteroatoms. The van der Waals surface area contributed by atoms with Gasteiger partial charge in [-0.05, 0) is 0 Å². The summed E-state index contributed by atoms with van der Waals surface area (Å²) in [5, 5.41) is 20.4. The molecule has 0 amide bonds. The monoisotopic (exact) mass is 500 g/mol. The van der Waals surface area contributed by atoms with Crippen LogP contribution >= 0.6 is 15.6 Å². The van der Waals surface area contributed by atoms with Crippen molar-refractivity contribution in [3.8, 4) is 0 Å². The van der Waals surface area contributed by atoms with E-state index in [4.69, 9.17) is 23.0 Å². The summed E-state index contributed by atoms with van der Waals surface area (Å²) in [4.78, 5) is 37.6. The minimum atomic E-state index is -5.34. The van der Waals surface area contributed by atoms with Crippen molar-refractivity contribution >= 4 is 121 Å². The number of imidazole rings is 1. The first-order valence-corrected chi connectivity index (χ1v) is 10.1. The standard InChI is InChI=1S/C10H15N5O10P2.3Na/c11-8-5-9(13-2-12-8)15(3-14-5)10-7(17)6(16)4(24-10)1-23-27(21,22)25-26(18,19)20;;;/h2-4,6-7,10,16-17H,1H2,(H,21,22)(H2,11,12,13)(H2,18,19,20);;;/t4-,6-,7-,10-;;;/m1.../s1/i2T,3T;;;. The molecular weight excluding hydrogens is 481 g/mol. The zero-order valence-electron chi connectivity index (χ0n) is 18.1. The molecule has 30 heavy (non-hydrogen) atoms. The van der Waals surface area contributed by atoms with Crippen molar-refractivity contribution in [1.29, 1.82) is 0 Å². The molecule has 153 valence electrons. The molecule has 1 aliphatic rings. The molecule has 1 saturated heterocycles. The number of nitrogens with zero attached hydrogens (tertiary/aromatic N) is 4. The Morgan fingerprint density at radius 1 is 1.17 bits per heavy atom. The van der Waals surface area contributed by atoms with E-state index in [0.717, 1.165) is 4.57 Å². The van der Waals surface area contributed by atoms with Gasteiger partial charge in [-0.1, -0.05) is 0 Å². The Morgan fingerprint density at radius 2 is 1.80 bits per heavy atom. The molecule has 1 aliphatic heterocycles. The van der Waals surface area contributed by atoms with Gasteiger partial charge in [-0.25, -0.2) is 24.1 Å². The van der Waals surface area contributed by atoms with E-state index in [1.807, 2.05) is 0 Å². The maximum atomic E-state index is 11.5. The number of aliphatic hydroxyl groups excluding tert-OH is 2. The summed E-state index contributed by atoms with van der Waals surface area (Å²) in [6.07, 6.45) is -7.35. The van der Waals surface area contributed by atoms with Crippen LogP contribution in [0.2, 0.25) is 0 Å². The Bertz CT molecular complexity index is 1050. The topological polar surface area (TPSA) is 233 Å². The first-order valence-electron chi connectivity index (χ1n) is 8.03. The van der Waals surface area contributed by atoms with Crippen molar-refractivity contribution < 1.29 is 50.3 Å². The Balaban J connectivity index is 0.00000320. The van der Waals surface area contributed by atoms with Gasteiger partial charge in [-0.3, -0.25) is 9.09 Å². The molecule has 3 rings (SSSR count). The number of phosphoric acid groups is 2. The number of nitrogens with two attached hydrogens (primary N) is 1. The first-order chi connectivity index (χ1) is 13.3. The van der Waals surface area contributed by atoms with Gasteiger partial charge in [0.2, 0.25) is 0 Å². The predicted molar refractivity (Wildman–Crippen MR) is 102 cm³/mol. The van der Waals surface area contributed by atoms with Gasteiger partial charge in [0.05, 0.1) is 12.9 Å². The van der Waals surface area contributed by atoms with Crippen LogP contribution in [-0.2, 0) is 22.7 Å². The van der Waals surface area contributed by atoms with Crippen molar-refractivity contribution in [2.24, 2.45) is 0 Å². The molecule has 0 aromatic carbocycles. The fourth-order valence-corrected chi connectivity index (χ4v) is 3.96. The quantitative estimate of drug-likeness (QED) is 0.173. The van der Waals surface area contributed by atoms with Crippen molar-refractivity contribution in [2.45, 2.75) is 24.5 Å². The minimum Gasteiger partial charge on any atom is -0.387 e. The Labute approximate surface area is 238 Å². The van der Waals surface area contributed by atoms with E-state index in [2.05, 4.69) is 23.8 Å². The molecule has 1 fully saturated rings. The third kappa shape index (κ3) is 7.50. The van der Waals surface area contributed by atoms with Crippen molar-refractivity contribution in [3.63, 3.8) is 0 Å². The Morgan fingerprint density at radius 3 is 2.40 bits per heavy atom. The van der Waals surface area contributed by atoms with Crippen LogP contribution in [0.25, 0.3) is 11.2 Å². The van der Waals surface area contributed by atoms with Crippen LogP contribution in [0.4, 0.5) is 5.82 Å². The number of aromatic nitrogens is 4. The van der Waals surface area contributed by atoms with Crippen LogP contribution < -0.4 is 5.73 Å². The molecule has 7 N–H and O–H groups in total. The first kappa shape index (κ1) is 27.7. The third-order valence-corrected chi connectivity index (χ3v) is 5.63. The van der Waals surface area contributed by atoms with E-state index >= 15 is 0 Å². The second kappa shape index (κ2) is 12.3. The van der Waals surface area contributed by atoms with Gasteiger partial charge < -0.3 is 35.4 Å². The second-order valence-corrected chi connectivity index (χ2v) is 8.18. The van der Waals surface area contributed by atoms with Gasteiger partial charge in [0, 0.05) is 88.7 Å². The van der Waals surface area contributed by atoms with Gasteiger partial charge >= 0.3 is 15.6 Å². The van der Waals surface area contributed by atoms with Gasteiger partial charge in [-0.15, -0.1) is 0 Å². The number of anilines is 1. The van der Waals surface area contributed by atoms with E-state index in [0.29, 0.717) is 0 Å². The number of nitrogen functional groups attached to an aromatic ring is 1. The van der Waals surface area contributed by atoms with Gasteiger partial charge in [0.1, 0.15) is 32.9 Å². The fourth-order valence-electron chi connectivity index (χ4n) is 2.36. The number of hydrogen-bond donors (Lipinski definition) is 6. The summed E-state index contributed by atoms with van der Waals surface area (Å²) < 4.78 is 51.9. The average Bonchev–Trinajstić information content (AvgIpc) is 3.01. The second-order valence-electron chi connectivity index (χ2n) is 5.35. The van der Waals surface area contributed by atoms with E-state index in [1.165, 1.54) is 0 Å². The van der Waals surface area contributed by atoms with E-state index in [9.17, 15) is 24.2 Å². The minimum absolute atomic E-state index is 0. The van der Waals surface area contributed by atoms with Crippen LogP contribution in [0, 0.1) is 0 Å². The molecule has 0 aliphatic carbocycles. The van der Waals surface area contributed by atoms with E-state index < -0.39 is 59.4 Å². The molecule has 0 spiro atoms. The summed E-state index contributed by atoms with van der Waals surface area (Å²) in [6, 6.07) is 0. The van der Waals surface area contributed by atoms with Gasteiger partial charge in [0.15, 0.2) is 17.7 Å². The molecule has 0 bridgehead atoms. The van der Waals surface area contributed by atoms with Gasteiger partial charge in [-0.2, -0.15) is 4.31 Å². The zero-order chi connectivity index (χ0) is 21.7. The molecule has 5 atom stereocenters. The fraction of sp³-hybridized carbons (Fsp3) is 0.500. The number of fused-ring (bicyclic) bond motifs is 1. The summed E-state index contributed by atoms with van der Waals surface area (Å²) in [7, 11) is -10.6. The van der Waals surface area contributed by atoms with E-state index in [-0.39, 0.29) is 106 Å². The summed E-state index contributed by atoms with van der Waals surface area (Å²) >= 11 is 0. The van der Waals surface area contributed by atoms with Crippen LogP contribution in [0.1, 0.15) is 8.97 Å². The van der Waals surface area contributed by atoms with Crippen molar-refractivity contribution in [3.05, 3.63) is 12.6 Å². The largest absolute Gasteiger partial charge is 0.481 e.